The van der Waals surface area contributed by atoms with Crippen LogP contribution in [0.15, 0.2) is 133 Å². The second-order valence-corrected chi connectivity index (χ2v) is 15.1. The molecule has 0 saturated carbocycles. The second kappa shape index (κ2) is 20.4. The van der Waals surface area contributed by atoms with Crippen LogP contribution in [-0.2, 0) is 45.0 Å². The molecule has 1 aliphatic heterocycles. The Morgan fingerprint density at radius 3 is 1.93 bits per heavy atom. The summed E-state index contributed by atoms with van der Waals surface area (Å²) < 4.78 is 57.1. The first-order valence-electron chi connectivity index (χ1n) is 18.2. The van der Waals surface area contributed by atoms with Gasteiger partial charge in [-0.2, -0.15) is 0 Å². The van der Waals surface area contributed by atoms with E-state index in [9.17, 15) is 19.0 Å². The van der Waals surface area contributed by atoms with Crippen LogP contribution in [0.25, 0.3) is 0 Å². The van der Waals surface area contributed by atoms with Gasteiger partial charge in [-0.25, -0.2) is 8.78 Å². The molecule has 5 aromatic rings. The summed E-state index contributed by atoms with van der Waals surface area (Å²) in [7, 11) is -0.194. The number of aliphatic hydroxyl groups excluding tert-OH is 2. The first-order valence-corrected chi connectivity index (χ1v) is 19.6. The van der Waals surface area contributed by atoms with E-state index in [2.05, 4.69) is 0 Å². The summed E-state index contributed by atoms with van der Waals surface area (Å²) in [4.78, 5) is 0. The molecule has 7 nitrogen and oxygen atoms in total. The number of benzene rings is 5. The zero-order valence-electron chi connectivity index (χ0n) is 30.3. The number of hydrogen-bond donors (Lipinski definition) is 2. The molecule has 11 heteroatoms. The van der Waals surface area contributed by atoms with Crippen LogP contribution in [0, 0.1) is 5.92 Å². The highest BCUT2D eigenvalue weighted by atomic mass is 35.5. The number of ether oxygens (including phenoxy) is 4. The van der Waals surface area contributed by atoms with Crippen molar-refractivity contribution < 1.29 is 42.5 Å². The van der Waals surface area contributed by atoms with Crippen molar-refractivity contribution in [2.45, 2.75) is 56.1 Å². The molecule has 5 aromatic carbocycles. The van der Waals surface area contributed by atoms with Gasteiger partial charge in [0, 0.05) is 19.7 Å². The van der Waals surface area contributed by atoms with E-state index in [1.165, 1.54) is 0 Å². The average Bonchev–Trinajstić information content (AvgIpc) is 3.22. The summed E-state index contributed by atoms with van der Waals surface area (Å²) >= 11 is 6.78. The van der Waals surface area contributed by atoms with Crippen LogP contribution >= 0.6 is 20.4 Å². The third kappa shape index (κ3) is 11.2. The Labute approximate surface area is 328 Å². The fourth-order valence-corrected chi connectivity index (χ4v) is 8.33. The van der Waals surface area contributed by atoms with Gasteiger partial charge in [0.15, 0.2) is 0 Å². The Bertz CT molecular complexity index is 1870. The van der Waals surface area contributed by atoms with Gasteiger partial charge < -0.3 is 33.7 Å². The fourth-order valence-electron chi connectivity index (χ4n) is 6.78. The molecule has 2 N–H and O–H groups in total. The number of rotatable bonds is 19. The Kier molecular flexibility index (Phi) is 15.2. The summed E-state index contributed by atoms with van der Waals surface area (Å²) in [6.45, 7) is -0.407. The van der Waals surface area contributed by atoms with Crippen LogP contribution in [0.1, 0.15) is 39.5 Å². The number of halogens is 3. The third-order valence-corrected chi connectivity index (χ3v) is 11.5. The molecule has 290 valence electrons. The predicted molar refractivity (Wildman–Crippen MR) is 211 cm³/mol. The first kappa shape index (κ1) is 40.9. The second-order valence-electron chi connectivity index (χ2n) is 13.6. The number of hydrogen-bond acceptors (Lipinski definition) is 7. The van der Waals surface area contributed by atoms with Gasteiger partial charge in [0.05, 0.1) is 57.5 Å². The van der Waals surface area contributed by atoms with Crippen molar-refractivity contribution in [1.82, 2.24) is 0 Å². The van der Waals surface area contributed by atoms with Gasteiger partial charge in [0.25, 0.3) is 6.43 Å². The molecule has 0 amide bonds. The van der Waals surface area contributed by atoms with Crippen LogP contribution in [0.2, 0.25) is 5.02 Å². The topological polar surface area (TPSA) is 86.6 Å². The zero-order valence-corrected chi connectivity index (χ0v) is 32.1. The zero-order chi connectivity index (χ0) is 38.5. The number of alkyl halides is 2. The van der Waals surface area contributed by atoms with Gasteiger partial charge in [-0.15, -0.1) is 0 Å². The van der Waals surface area contributed by atoms with Crippen molar-refractivity contribution >= 4 is 20.4 Å². The molecule has 1 heterocycles. The summed E-state index contributed by atoms with van der Waals surface area (Å²) in [6, 6.07) is 42.2. The Morgan fingerprint density at radius 1 is 0.727 bits per heavy atom. The molecule has 1 aliphatic rings. The maximum atomic E-state index is 12.7. The van der Waals surface area contributed by atoms with Crippen LogP contribution in [0.5, 0.6) is 5.75 Å². The van der Waals surface area contributed by atoms with E-state index in [1.54, 1.807) is 12.1 Å². The Hall–Kier alpha value is -3.76. The molecular formula is C44H46ClF2O7P. The van der Waals surface area contributed by atoms with Crippen LogP contribution in [0.4, 0.5) is 8.78 Å². The summed E-state index contributed by atoms with van der Waals surface area (Å²) in [6.07, 6.45) is -3.39. The molecular weight excluding hydrogens is 745 g/mol. The van der Waals surface area contributed by atoms with Crippen molar-refractivity contribution in [3.05, 3.63) is 172 Å². The van der Waals surface area contributed by atoms with E-state index in [0.717, 1.165) is 33.4 Å². The largest absolute Gasteiger partial charge is 0.488 e. The van der Waals surface area contributed by atoms with E-state index < -0.39 is 55.6 Å². The third-order valence-electron chi connectivity index (χ3n) is 9.69. The molecule has 1 fully saturated rings. The van der Waals surface area contributed by atoms with Crippen molar-refractivity contribution in [1.29, 1.82) is 0 Å². The normalized spacial score (nSPS) is 19.6. The molecule has 1 saturated heterocycles. The SMILES string of the molecule is OCC1(CO)OC(c2ccc(Cl)c(Cc3ccc(OCC(F)F)cc3)c2)C(COCc2ccccc2)C(OCc2ccccc2)C1POCc1ccccc1. The molecule has 0 spiro atoms. The first-order chi connectivity index (χ1) is 26.9. The van der Waals surface area contributed by atoms with E-state index in [1.807, 2.05) is 121 Å². The van der Waals surface area contributed by atoms with Gasteiger partial charge in [-0.3, -0.25) is 0 Å². The van der Waals surface area contributed by atoms with Gasteiger partial charge in [-0.1, -0.05) is 127 Å². The van der Waals surface area contributed by atoms with Gasteiger partial charge >= 0.3 is 0 Å². The lowest BCUT2D eigenvalue weighted by Gasteiger charge is -2.52. The highest BCUT2D eigenvalue weighted by Gasteiger charge is 2.55. The lowest BCUT2D eigenvalue weighted by molar-refractivity contribution is -0.238. The minimum Gasteiger partial charge on any atom is -0.488 e. The highest BCUT2D eigenvalue weighted by Crippen LogP contribution is 2.50. The van der Waals surface area contributed by atoms with Crippen LogP contribution in [-0.4, -0.2) is 60.4 Å². The molecule has 5 atom stereocenters. The maximum Gasteiger partial charge on any atom is 0.272 e. The van der Waals surface area contributed by atoms with E-state index in [0.29, 0.717) is 30.4 Å². The van der Waals surface area contributed by atoms with Crippen molar-refractivity contribution in [2.75, 3.05) is 26.4 Å². The van der Waals surface area contributed by atoms with E-state index in [-0.39, 0.29) is 22.0 Å². The molecule has 5 unspecified atom stereocenters. The molecule has 0 bridgehead atoms. The Morgan fingerprint density at radius 2 is 1.33 bits per heavy atom. The van der Waals surface area contributed by atoms with Gasteiger partial charge in [0.2, 0.25) is 0 Å². The average molecular weight is 791 g/mol. The van der Waals surface area contributed by atoms with Crippen molar-refractivity contribution in [3.63, 3.8) is 0 Å². The van der Waals surface area contributed by atoms with Crippen LogP contribution < -0.4 is 4.74 Å². The molecule has 0 aliphatic carbocycles. The fraction of sp³-hybridized carbons (Fsp3) is 0.318. The van der Waals surface area contributed by atoms with Crippen molar-refractivity contribution in [3.8, 4) is 5.75 Å². The van der Waals surface area contributed by atoms with E-state index in [4.69, 9.17) is 35.1 Å². The smallest absolute Gasteiger partial charge is 0.272 e. The minimum atomic E-state index is -2.56. The highest BCUT2D eigenvalue weighted by molar-refractivity contribution is 7.33. The monoisotopic (exact) mass is 790 g/mol. The standard InChI is InChI=1S/C44H46ClF2O7P/c45-39-21-18-35(23-36(39)22-31-16-19-37(20-17-31)51-28-40(46)47)41-38(27-50-24-32-10-4-1-5-11-32)42(52-25-33-12-6-2-7-13-33)43(44(29-48,30-49)54-41)55-53-26-34-14-8-3-9-15-34/h1-21,23,38,40-43,48-49,55H,22,24-30H2. The van der Waals surface area contributed by atoms with Crippen molar-refractivity contribution in [2.24, 2.45) is 5.92 Å². The summed E-state index contributed by atoms with van der Waals surface area (Å²) in [5.74, 6) is -0.0523. The van der Waals surface area contributed by atoms with Gasteiger partial charge in [-0.05, 0) is 58.0 Å². The van der Waals surface area contributed by atoms with Crippen LogP contribution in [0.3, 0.4) is 0 Å². The molecule has 55 heavy (non-hydrogen) atoms. The summed E-state index contributed by atoms with van der Waals surface area (Å²) in [5.41, 5.74) is 3.48. The summed E-state index contributed by atoms with van der Waals surface area (Å²) in [5, 5.41) is 22.7. The number of aliphatic hydroxyl groups is 2. The molecule has 0 aromatic heterocycles. The minimum absolute atomic E-state index is 0.194. The quantitative estimate of drug-likeness (QED) is 0.0809. The molecule has 6 rings (SSSR count). The van der Waals surface area contributed by atoms with E-state index >= 15 is 0 Å². The lowest BCUT2D eigenvalue weighted by Crippen LogP contribution is -2.63. The maximum absolute atomic E-state index is 12.7. The molecule has 0 radical (unpaired) electrons. The lowest BCUT2D eigenvalue weighted by atomic mass is 9.79. The van der Waals surface area contributed by atoms with Gasteiger partial charge in [0.1, 0.15) is 18.0 Å². The Balaban J connectivity index is 1.34. The predicted octanol–water partition coefficient (Wildman–Crippen LogP) is 8.97.